The highest BCUT2D eigenvalue weighted by Gasteiger charge is 2.17. The minimum atomic E-state index is -0.404. The number of carbonyl (C=O) groups is 2. The quantitative estimate of drug-likeness (QED) is 0.436. The van der Waals surface area contributed by atoms with Crippen LogP contribution in [0.5, 0.6) is 5.75 Å². The zero-order chi connectivity index (χ0) is 24.8. The van der Waals surface area contributed by atoms with Crippen LogP contribution < -0.4 is 4.74 Å². The molecular weight excluding hydrogens is 428 g/mol. The van der Waals surface area contributed by atoms with Gasteiger partial charge in [0, 0.05) is 45.7 Å². The number of carbonyl (C=O) groups excluding carboxylic acids is 2. The zero-order valence-electron chi connectivity index (χ0n) is 21.2. The molecule has 0 spiro atoms. The zero-order valence-corrected chi connectivity index (χ0v) is 21.2. The van der Waals surface area contributed by atoms with Gasteiger partial charge >= 0.3 is 6.09 Å². The molecule has 1 heterocycles. The van der Waals surface area contributed by atoms with Gasteiger partial charge in [-0.1, -0.05) is 26.0 Å². The van der Waals surface area contributed by atoms with Crippen molar-refractivity contribution in [2.24, 2.45) is 5.92 Å². The fourth-order valence-electron chi connectivity index (χ4n) is 3.83. The predicted molar refractivity (Wildman–Crippen MR) is 135 cm³/mol. The number of hydrogen-bond acceptors (Lipinski definition) is 4. The Kier molecular flexibility index (Phi) is 8.31. The first-order chi connectivity index (χ1) is 16.2. The van der Waals surface area contributed by atoms with Gasteiger partial charge in [0.25, 0.3) is 5.91 Å². The lowest BCUT2D eigenvalue weighted by Crippen LogP contribution is -2.30. The molecule has 3 aromatic rings. The summed E-state index contributed by atoms with van der Waals surface area (Å²) >= 11 is 0. The highest BCUT2D eigenvalue weighted by molar-refractivity contribution is 5.97. The Morgan fingerprint density at radius 3 is 2.29 bits per heavy atom. The highest BCUT2D eigenvalue weighted by atomic mass is 16.6. The maximum Gasteiger partial charge on any atom is 0.414 e. The fraction of sp³-hybridized carbons (Fsp3) is 0.444. The van der Waals surface area contributed by atoms with Gasteiger partial charge in [-0.25, -0.2) is 9.78 Å². The number of rotatable bonds is 9. The summed E-state index contributed by atoms with van der Waals surface area (Å²) in [5.41, 5.74) is 3.63. The molecule has 0 radical (unpaired) electrons. The Hall–Kier alpha value is -3.35. The number of ether oxygens (including phenoxy) is 1. The minimum absolute atomic E-state index is 0.0352. The molecule has 182 valence electrons. The average molecular weight is 465 g/mol. The van der Waals surface area contributed by atoms with E-state index in [4.69, 9.17) is 9.72 Å². The van der Waals surface area contributed by atoms with Gasteiger partial charge < -0.3 is 19.1 Å². The molecule has 2 aromatic carbocycles. The van der Waals surface area contributed by atoms with E-state index in [2.05, 4.69) is 18.4 Å². The lowest BCUT2D eigenvalue weighted by Gasteiger charge is -2.18. The largest absolute Gasteiger partial charge is 0.414 e. The Balaban J connectivity index is 1.91. The van der Waals surface area contributed by atoms with Crippen LogP contribution in [0.3, 0.4) is 0 Å². The van der Waals surface area contributed by atoms with Crippen molar-refractivity contribution < 1.29 is 14.3 Å². The van der Waals surface area contributed by atoms with E-state index < -0.39 is 6.09 Å². The second-order valence-corrected chi connectivity index (χ2v) is 9.13. The second kappa shape index (κ2) is 11.2. The van der Waals surface area contributed by atoms with Crippen LogP contribution >= 0.6 is 0 Å². The van der Waals surface area contributed by atoms with Gasteiger partial charge in [0.05, 0.1) is 11.0 Å². The summed E-state index contributed by atoms with van der Waals surface area (Å²) in [6.45, 7) is 10.6. The molecule has 0 aliphatic rings. The second-order valence-electron chi connectivity index (χ2n) is 9.13. The van der Waals surface area contributed by atoms with Crippen molar-refractivity contribution in [3.8, 4) is 5.75 Å². The molecule has 2 amide bonds. The van der Waals surface area contributed by atoms with Crippen LogP contribution in [0.25, 0.3) is 11.0 Å². The smallest absolute Gasteiger partial charge is 0.410 e. The van der Waals surface area contributed by atoms with E-state index in [1.54, 1.807) is 26.2 Å². The lowest BCUT2D eigenvalue weighted by atomic mass is 10.1. The summed E-state index contributed by atoms with van der Waals surface area (Å²) in [4.78, 5) is 32.8. The maximum absolute atomic E-state index is 12.9. The third kappa shape index (κ3) is 5.95. The number of amides is 2. The first kappa shape index (κ1) is 25.3. The molecule has 0 aliphatic heterocycles. The lowest BCUT2D eigenvalue weighted by molar-refractivity contribution is 0.0773. The van der Waals surface area contributed by atoms with Gasteiger partial charge in [-0.05, 0) is 62.1 Å². The first-order valence-electron chi connectivity index (χ1n) is 12.0. The van der Waals surface area contributed by atoms with Crippen molar-refractivity contribution in [3.05, 3.63) is 59.4 Å². The molecule has 0 saturated heterocycles. The first-order valence-corrected chi connectivity index (χ1v) is 12.0. The molecule has 3 rings (SSSR count). The Morgan fingerprint density at radius 2 is 1.71 bits per heavy atom. The Morgan fingerprint density at radius 1 is 1.03 bits per heavy atom. The van der Waals surface area contributed by atoms with E-state index in [-0.39, 0.29) is 5.91 Å². The van der Waals surface area contributed by atoms with E-state index in [1.807, 2.05) is 49.1 Å². The molecular formula is C27H36N4O3. The van der Waals surface area contributed by atoms with Gasteiger partial charge in [-0.15, -0.1) is 0 Å². The minimum Gasteiger partial charge on any atom is -0.410 e. The highest BCUT2D eigenvalue weighted by Crippen LogP contribution is 2.23. The van der Waals surface area contributed by atoms with E-state index >= 15 is 0 Å². The molecule has 0 fully saturated rings. The molecule has 1 aromatic heterocycles. The molecule has 0 unspecified atom stereocenters. The van der Waals surface area contributed by atoms with Crippen LogP contribution in [-0.4, -0.2) is 58.5 Å². The number of aromatic nitrogens is 2. The Bertz CT molecular complexity index is 1130. The van der Waals surface area contributed by atoms with Crippen LogP contribution in [0.4, 0.5) is 4.79 Å². The third-order valence-corrected chi connectivity index (χ3v) is 5.91. The topological polar surface area (TPSA) is 67.7 Å². The number of fused-ring (bicyclic) bond motifs is 1. The van der Waals surface area contributed by atoms with E-state index in [1.165, 1.54) is 4.90 Å². The molecule has 7 nitrogen and oxygen atoms in total. The molecule has 0 saturated carbocycles. The number of hydrogen-bond donors (Lipinski definition) is 0. The van der Waals surface area contributed by atoms with Crippen LogP contribution in [0.1, 0.15) is 55.9 Å². The van der Waals surface area contributed by atoms with E-state index in [0.29, 0.717) is 36.7 Å². The number of benzene rings is 2. The molecule has 0 N–H and O–H groups in total. The summed E-state index contributed by atoms with van der Waals surface area (Å²) in [5.74, 6) is 2.07. The maximum atomic E-state index is 12.9. The van der Waals surface area contributed by atoms with Crippen molar-refractivity contribution >= 4 is 23.0 Å². The average Bonchev–Trinajstić information content (AvgIpc) is 3.15. The molecule has 0 atom stereocenters. The van der Waals surface area contributed by atoms with Crippen molar-refractivity contribution in [2.45, 2.75) is 47.1 Å². The number of imidazole rings is 1. The molecule has 34 heavy (non-hydrogen) atoms. The number of nitrogens with zero attached hydrogens (tertiary/aromatic N) is 4. The van der Waals surface area contributed by atoms with Crippen molar-refractivity contribution in [1.82, 2.24) is 19.4 Å². The third-order valence-electron chi connectivity index (χ3n) is 5.91. The van der Waals surface area contributed by atoms with Gasteiger partial charge in [0.2, 0.25) is 0 Å². The van der Waals surface area contributed by atoms with Crippen molar-refractivity contribution in [2.75, 3.05) is 27.2 Å². The van der Waals surface area contributed by atoms with Gasteiger partial charge in [-0.3, -0.25) is 4.79 Å². The molecule has 0 bridgehead atoms. The summed E-state index contributed by atoms with van der Waals surface area (Å²) in [5, 5.41) is 0. The molecule has 7 heteroatoms. The number of aryl methyl sites for hydroxylation is 1. The standard InChI is InChI=1S/C27H36N4O3/c1-7-30(8-2)26(32)21-11-14-24-23(18-21)28-25(31(24)16-15-19(3)4)17-20-9-12-22(13-10-20)34-27(33)29(5)6/h9-14,18-19H,7-8,15-17H2,1-6H3. The predicted octanol–water partition coefficient (Wildman–Crippen LogP) is 5.22. The summed E-state index contributed by atoms with van der Waals surface area (Å²) in [7, 11) is 3.30. The van der Waals surface area contributed by atoms with Gasteiger partial charge in [0.1, 0.15) is 11.6 Å². The van der Waals surface area contributed by atoms with Crippen LogP contribution in [-0.2, 0) is 13.0 Å². The van der Waals surface area contributed by atoms with Crippen molar-refractivity contribution in [1.29, 1.82) is 0 Å². The fourth-order valence-corrected chi connectivity index (χ4v) is 3.83. The van der Waals surface area contributed by atoms with Gasteiger partial charge in [-0.2, -0.15) is 0 Å². The van der Waals surface area contributed by atoms with Crippen LogP contribution in [0, 0.1) is 5.92 Å². The van der Waals surface area contributed by atoms with E-state index in [0.717, 1.165) is 35.4 Å². The van der Waals surface area contributed by atoms with Crippen molar-refractivity contribution in [3.63, 3.8) is 0 Å². The van der Waals surface area contributed by atoms with E-state index in [9.17, 15) is 9.59 Å². The summed E-state index contributed by atoms with van der Waals surface area (Å²) < 4.78 is 7.59. The summed E-state index contributed by atoms with van der Waals surface area (Å²) in [6, 6.07) is 13.4. The van der Waals surface area contributed by atoms with Gasteiger partial charge in [0.15, 0.2) is 0 Å². The van der Waals surface area contributed by atoms with Crippen LogP contribution in [0.2, 0.25) is 0 Å². The Labute approximate surface area is 202 Å². The SMILES string of the molecule is CCN(CC)C(=O)c1ccc2c(c1)nc(Cc1ccc(OC(=O)N(C)C)cc1)n2CCC(C)C. The normalized spacial score (nSPS) is 11.1. The molecule has 0 aliphatic carbocycles. The summed E-state index contributed by atoms with van der Waals surface area (Å²) in [6.07, 6.45) is 1.28. The monoisotopic (exact) mass is 464 g/mol. The van der Waals surface area contributed by atoms with Crippen LogP contribution in [0.15, 0.2) is 42.5 Å².